The quantitative estimate of drug-likeness (QED) is 0.352. The average Bonchev–Trinajstić information content (AvgIpc) is 3.28. The molecule has 1 aromatic carbocycles. The van der Waals surface area contributed by atoms with Gasteiger partial charge in [-0.25, -0.2) is 9.37 Å². The van der Waals surface area contributed by atoms with E-state index in [1.807, 2.05) is 24.3 Å². The summed E-state index contributed by atoms with van der Waals surface area (Å²) < 4.78 is 15.8. The van der Waals surface area contributed by atoms with Crippen molar-refractivity contribution in [3.63, 3.8) is 0 Å². The van der Waals surface area contributed by atoms with E-state index in [0.717, 1.165) is 45.9 Å². The third kappa shape index (κ3) is 4.37. The molecule has 0 saturated carbocycles. The van der Waals surface area contributed by atoms with Gasteiger partial charge in [0.05, 0.1) is 23.5 Å². The molecule has 2 bridgehead atoms. The number of nitrogens with zero attached hydrogens (tertiary/aromatic N) is 4. The number of rotatable bonds is 3. The molecule has 9 heteroatoms. The molecule has 4 heterocycles. The lowest BCUT2D eigenvalue weighted by Crippen LogP contribution is -2.21. The van der Waals surface area contributed by atoms with E-state index < -0.39 is 0 Å². The van der Waals surface area contributed by atoms with Crippen molar-refractivity contribution in [1.82, 2.24) is 24.9 Å². The minimum Gasteiger partial charge on any atom is -0.385 e. The minimum atomic E-state index is -0.366. The average molecular weight is 473 g/mol. The van der Waals surface area contributed by atoms with E-state index in [0.29, 0.717) is 36.8 Å². The van der Waals surface area contributed by atoms with Gasteiger partial charge in [-0.1, -0.05) is 25.6 Å². The summed E-state index contributed by atoms with van der Waals surface area (Å²) in [6.45, 7) is 10.3. The molecule has 0 amide bonds. The fourth-order valence-electron chi connectivity index (χ4n) is 4.42. The van der Waals surface area contributed by atoms with Crippen LogP contribution in [-0.2, 0) is 13.0 Å². The first-order valence-electron chi connectivity index (χ1n) is 11.8. The number of nitrogen functional groups attached to an aromatic ring is 1. The molecule has 5 N–H and O–H groups in total. The van der Waals surface area contributed by atoms with Gasteiger partial charge in [0, 0.05) is 36.7 Å². The second-order valence-electron chi connectivity index (χ2n) is 8.90. The molecule has 5 rings (SSSR count). The highest BCUT2D eigenvalue weighted by molar-refractivity contribution is 5.88. The molecule has 0 spiro atoms. The standard InChI is InChI=1S/C26H29FN8/c1-4-29-20-7-5-17(6-8-20)23-24(28)35-26-21(14-33-35)16(3)30-11-15(2)9-22-18(10-19(27)13-31-22)12-32-25(23)34-26/h5-8,10,13-15,29-30H,3-4,9,11-12,28H2,1-2H3,(H,32,34). The molecule has 1 aliphatic rings. The molecule has 1 unspecified atom stereocenters. The van der Waals surface area contributed by atoms with E-state index in [4.69, 9.17) is 10.7 Å². The lowest BCUT2D eigenvalue weighted by molar-refractivity contribution is 0.545. The number of hydrogen-bond acceptors (Lipinski definition) is 7. The van der Waals surface area contributed by atoms with E-state index >= 15 is 0 Å². The maximum Gasteiger partial charge on any atom is 0.169 e. The molecule has 180 valence electrons. The van der Waals surface area contributed by atoms with Crippen molar-refractivity contribution in [2.24, 2.45) is 5.92 Å². The second-order valence-corrected chi connectivity index (χ2v) is 8.90. The van der Waals surface area contributed by atoms with Gasteiger partial charge in [0.25, 0.3) is 0 Å². The summed E-state index contributed by atoms with van der Waals surface area (Å²) in [4.78, 5) is 9.31. The minimum absolute atomic E-state index is 0.252. The summed E-state index contributed by atoms with van der Waals surface area (Å²) >= 11 is 0. The van der Waals surface area contributed by atoms with Gasteiger partial charge in [0.2, 0.25) is 0 Å². The second kappa shape index (κ2) is 9.25. The highest BCUT2D eigenvalue weighted by atomic mass is 19.1. The summed E-state index contributed by atoms with van der Waals surface area (Å²) in [5.74, 6) is 0.924. The van der Waals surface area contributed by atoms with Crippen molar-refractivity contribution < 1.29 is 4.39 Å². The van der Waals surface area contributed by atoms with Crippen LogP contribution in [0.1, 0.15) is 30.7 Å². The van der Waals surface area contributed by atoms with Crippen LogP contribution in [0.4, 0.5) is 21.7 Å². The van der Waals surface area contributed by atoms with Gasteiger partial charge >= 0.3 is 0 Å². The topological polar surface area (TPSA) is 105 Å². The molecule has 0 fully saturated rings. The summed E-state index contributed by atoms with van der Waals surface area (Å²) in [5, 5.41) is 14.6. The molecule has 4 aromatic rings. The molecule has 0 saturated heterocycles. The number of fused-ring (bicyclic) bond motifs is 2. The Kier molecular flexibility index (Phi) is 5.98. The summed E-state index contributed by atoms with van der Waals surface area (Å²) in [5.41, 5.74) is 13.1. The van der Waals surface area contributed by atoms with Crippen molar-refractivity contribution >= 4 is 28.7 Å². The normalized spacial score (nSPS) is 16.0. The van der Waals surface area contributed by atoms with Crippen molar-refractivity contribution in [3.05, 3.63) is 71.9 Å². The molecule has 1 atom stereocenters. The predicted molar refractivity (Wildman–Crippen MR) is 138 cm³/mol. The van der Waals surface area contributed by atoms with E-state index in [9.17, 15) is 4.39 Å². The van der Waals surface area contributed by atoms with Gasteiger partial charge in [-0.05, 0) is 48.6 Å². The van der Waals surface area contributed by atoms with E-state index in [1.165, 1.54) is 12.3 Å². The van der Waals surface area contributed by atoms with Crippen molar-refractivity contribution in [2.45, 2.75) is 26.8 Å². The van der Waals surface area contributed by atoms with Crippen LogP contribution in [0.5, 0.6) is 0 Å². The Morgan fingerprint density at radius 2 is 2.03 bits per heavy atom. The van der Waals surface area contributed by atoms with Gasteiger partial charge in [-0.2, -0.15) is 9.61 Å². The van der Waals surface area contributed by atoms with Crippen LogP contribution >= 0.6 is 0 Å². The molecule has 0 radical (unpaired) electrons. The van der Waals surface area contributed by atoms with Crippen LogP contribution in [0.2, 0.25) is 0 Å². The number of halogens is 1. The molecular formula is C26H29FN8. The summed E-state index contributed by atoms with van der Waals surface area (Å²) in [7, 11) is 0. The van der Waals surface area contributed by atoms with E-state index in [-0.39, 0.29) is 11.7 Å². The fourth-order valence-corrected chi connectivity index (χ4v) is 4.42. The third-order valence-electron chi connectivity index (χ3n) is 6.24. The first-order valence-corrected chi connectivity index (χ1v) is 11.8. The van der Waals surface area contributed by atoms with Crippen LogP contribution in [-0.4, -0.2) is 32.7 Å². The lowest BCUT2D eigenvalue weighted by atomic mass is 10.0. The van der Waals surface area contributed by atoms with Crippen LogP contribution in [0.3, 0.4) is 0 Å². The SMILES string of the molecule is C=C1NCC(C)Cc2ncc(F)cc2CNc2nc3c1cnn3c(N)c2-c1ccc(NCC)cc1. The number of nitrogens with one attached hydrogen (secondary N) is 3. The first kappa shape index (κ1) is 22.6. The van der Waals surface area contributed by atoms with Gasteiger partial charge in [-0.3, -0.25) is 4.98 Å². The molecular weight excluding hydrogens is 443 g/mol. The Morgan fingerprint density at radius 3 is 2.80 bits per heavy atom. The Labute approximate surface area is 203 Å². The van der Waals surface area contributed by atoms with Crippen LogP contribution in [0, 0.1) is 11.7 Å². The zero-order valence-electron chi connectivity index (χ0n) is 19.9. The fraction of sp³-hybridized carbons (Fsp3) is 0.269. The van der Waals surface area contributed by atoms with Crippen LogP contribution in [0.15, 0.2) is 49.3 Å². The summed E-state index contributed by atoms with van der Waals surface area (Å²) in [6.07, 6.45) is 3.70. The van der Waals surface area contributed by atoms with Gasteiger partial charge < -0.3 is 21.7 Å². The van der Waals surface area contributed by atoms with E-state index in [2.05, 4.69) is 46.5 Å². The van der Waals surface area contributed by atoms with Crippen LogP contribution < -0.4 is 21.7 Å². The number of anilines is 3. The molecule has 8 nitrogen and oxygen atoms in total. The predicted octanol–water partition coefficient (Wildman–Crippen LogP) is 4.31. The largest absolute Gasteiger partial charge is 0.385 e. The maximum atomic E-state index is 14.1. The molecule has 35 heavy (non-hydrogen) atoms. The zero-order valence-corrected chi connectivity index (χ0v) is 19.9. The third-order valence-corrected chi connectivity index (χ3v) is 6.24. The van der Waals surface area contributed by atoms with Gasteiger partial charge in [0.15, 0.2) is 5.65 Å². The molecule has 1 aliphatic heterocycles. The Morgan fingerprint density at radius 1 is 1.23 bits per heavy atom. The zero-order chi connectivity index (χ0) is 24.5. The van der Waals surface area contributed by atoms with Gasteiger partial charge in [-0.15, -0.1) is 0 Å². The maximum absolute atomic E-state index is 14.1. The Bertz CT molecular complexity index is 1390. The molecule has 3 aromatic heterocycles. The highest BCUT2D eigenvalue weighted by Crippen LogP contribution is 2.35. The number of nitrogens with two attached hydrogens (primary N) is 1. The van der Waals surface area contributed by atoms with Crippen molar-refractivity contribution in [2.75, 3.05) is 29.5 Å². The number of hydrogen-bond donors (Lipinski definition) is 4. The monoisotopic (exact) mass is 472 g/mol. The van der Waals surface area contributed by atoms with Crippen molar-refractivity contribution in [1.29, 1.82) is 0 Å². The van der Waals surface area contributed by atoms with Crippen molar-refractivity contribution in [3.8, 4) is 11.1 Å². The number of pyridine rings is 1. The van der Waals surface area contributed by atoms with Crippen LogP contribution in [0.25, 0.3) is 22.5 Å². The Hall–Kier alpha value is -4.14. The number of aromatic nitrogens is 4. The number of benzene rings is 1. The molecule has 0 aliphatic carbocycles. The Balaban J connectivity index is 1.67. The van der Waals surface area contributed by atoms with Gasteiger partial charge in [0.1, 0.15) is 17.5 Å². The lowest BCUT2D eigenvalue weighted by Gasteiger charge is -2.17. The highest BCUT2D eigenvalue weighted by Gasteiger charge is 2.21. The van der Waals surface area contributed by atoms with E-state index in [1.54, 1.807) is 10.7 Å². The first-order chi connectivity index (χ1) is 16.9. The smallest absolute Gasteiger partial charge is 0.169 e. The summed E-state index contributed by atoms with van der Waals surface area (Å²) in [6, 6.07) is 9.54.